The lowest BCUT2D eigenvalue weighted by Gasteiger charge is -2.28. The van der Waals surface area contributed by atoms with Crippen molar-refractivity contribution >= 4 is 22.9 Å². The predicted octanol–water partition coefficient (Wildman–Crippen LogP) is 5.32. The van der Waals surface area contributed by atoms with Crippen molar-refractivity contribution in [3.63, 3.8) is 0 Å². The Bertz CT molecular complexity index is 1100. The van der Waals surface area contributed by atoms with Crippen LogP contribution in [0.25, 0.3) is 0 Å². The molecule has 0 unspecified atom stereocenters. The van der Waals surface area contributed by atoms with Gasteiger partial charge in [-0.2, -0.15) is 0 Å². The minimum Gasteiger partial charge on any atom is -0.289 e. The van der Waals surface area contributed by atoms with E-state index in [1.54, 1.807) is 30.3 Å². The van der Waals surface area contributed by atoms with Crippen molar-refractivity contribution < 1.29 is 9.59 Å². The van der Waals surface area contributed by atoms with Crippen molar-refractivity contribution in [2.24, 2.45) is 5.92 Å². The fraction of sp³-hybridized carbons (Fsp3) is 0.231. The number of aryl methyl sites for hydroxylation is 1. The lowest BCUT2D eigenvalue weighted by Crippen LogP contribution is -2.33. The largest absolute Gasteiger partial charge is 0.289 e. The van der Waals surface area contributed by atoms with Gasteiger partial charge >= 0.3 is 0 Å². The zero-order valence-electron chi connectivity index (χ0n) is 17.6. The molecule has 0 radical (unpaired) electrons. The van der Waals surface area contributed by atoms with E-state index in [0.29, 0.717) is 33.9 Å². The highest BCUT2D eigenvalue weighted by Gasteiger charge is 2.32. The monoisotopic (exact) mass is 398 g/mol. The Balaban J connectivity index is 1.74. The summed E-state index contributed by atoms with van der Waals surface area (Å²) in [6, 6.07) is 20.8. The fourth-order valence-electron chi connectivity index (χ4n) is 3.97. The molecule has 0 aromatic heterocycles. The van der Waals surface area contributed by atoms with Crippen LogP contribution in [0, 0.1) is 5.92 Å². The number of rotatable bonds is 6. The summed E-state index contributed by atoms with van der Waals surface area (Å²) in [5.41, 5.74) is 7.89. The standard InChI is InChI=1S/C26H26N2O2/c1-17(2)11-12-18-13-15-19(16-14-18)28(27-3)23-10-6-9-22-24(23)26(30)21-8-5-4-7-20(21)25(22)29/h4-10,13-17,27H,11-12H2,1-3H3. The van der Waals surface area contributed by atoms with Gasteiger partial charge in [-0.25, -0.2) is 5.43 Å². The van der Waals surface area contributed by atoms with Gasteiger partial charge in [0, 0.05) is 23.7 Å². The average Bonchev–Trinajstić information content (AvgIpc) is 2.77. The smallest absolute Gasteiger partial charge is 0.196 e. The third-order valence-electron chi connectivity index (χ3n) is 5.60. The first kappa shape index (κ1) is 20.0. The van der Waals surface area contributed by atoms with Gasteiger partial charge in [-0.05, 0) is 42.5 Å². The molecule has 0 saturated heterocycles. The van der Waals surface area contributed by atoms with Crippen molar-refractivity contribution in [2.45, 2.75) is 26.7 Å². The number of benzene rings is 3. The molecule has 4 rings (SSSR count). The summed E-state index contributed by atoms with van der Waals surface area (Å²) in [5.74, 6) is 0.437. The lowest BCUT2D eigenvalue weighted by atomic mass is 9.83. The number of nitrogens with zero attached hydrogens (tertiary/aromatic N) is 1. The summed E-state index contributed by atoms with van der Waals surface area (Å²) in [5, 5.41) is 1.87. The number of hydrogen-bond donors (Lipinski definition) is 1. The summed E-state index contributed by atoms with van der Waals surface area (Å²) >= 11 is 0. The molecule has 3 aromatic rings. The van der Waals surface area contributed by atoms with Crippen LogP contribution >= 0.6 is 0 Å². The SMILES string of the molecule is CNN(c1ccc(CCC(C)C)cc1)c1cccc2c1C(=O)c1ccccc1C2=O. The van der Waals surface area contributed by atoms with Crippen LogP contribution < -0.4 is 10.4 Å². The summed E-state index contributed by atoms with van der Waals surface area (Å²) in [6.45, 7) is 4.46. The van der Waals surface area contributed by atoms with E-state index in [1.807, 2.05) is 24.2 Å². The highest BCUT2D eigenvalue weighted by Crippen LogP contribution is 2.35. The van der Waals surface area contributed by atoms with E-state index in [4.69, 9.17) is 0 Å². The molecular weight excluding hydrogens is 372 g/mol. The number of carbonyl (C=O) groups excluding carboxylic acids is 2. The van der Waals surface area contributed by atoms with Gasteiger partial charge < -0.3 is 0 Å². The van der Waals surface area contributed by atoms with Crippen molar-refractivity contribution in [3.8, 4) is 0 Å². The van der Waals surface area contributed by atoms with Gasteiger partial charge in [0.25, 0.3) is 0 Å². The molecule has 1 aliphatic carbocycles. The predicted molar refractivity (Wildman–Crippen MR) is 121 cm³/mol. The number of hydrogen-bond acceptors (Lipinski definition) is 4. The Morgan fingerprint density at radius 2 is 1.43 bits per heavy atom. The quantitative estimate of drug-likeness (QED) is 0.447. The molecule has 0 bridgehead atoms. The van der Waals surface area contributed by atoms with Gasteiger partial charge in [-0.15, -0.1) is 0 Å². The molecule has 30 heavy (non-hydrogen) atoms. The Morgan fingerprint density at radius 1 is 0.800 bits per heavy atom. The van der Waals surface area contributed by atoms with E-state index in [-0.39, 0.29) is 11.6 Å². The van der Waals surface area contributed by atoms with Gasteiger partial charge in [0.05, 0.1) is 16.9 Å². The third kappa shape index (κ3) is 3.55. The second-order valence-electron chi connectivity index (χ2n) is 8.06. The average molecular weight is 399 g/mol. The van der Waals surface area contributed by atoms with Crippen LogP contribution in [0.3, 0.4) is 0 Å². The Kier molecular flexibility index (Phi) is 5.51. The van der Waals surface area contributed by atoms with E-state index in [9.17, 15) is 9.59 Å². The van der Waals surface area contributed by atoms with E-state index >= 15 is 0 Å². The van der Waals surface area contributed by atoms with Gasteiger partial charge in [0.1, 0.15) is 0 Å². The zero-order valence-corrected chi connectivity index (χ0v) is 17.6. The first-order chi connectivity index (χ1) is 14.5. The van der Waals surface area contributed by atoms with Gasteiger partial charge in [-0.1, -0.05) is 62.4 Å². The van der Waals surface area contributed by atoms with E-state index < -0.39 is 0 Å². The molecule has 0 spiro atoms. The summed E-state index contributed by atoms with van der Waals surface area (Å²) in [6.07, 6.45) is 2.19. The molecule has 0 amide bonds. The maximum absolute atomic E-state index is 13.3. The number of anilines is 2. The van der Waals surface area contributed by atoms with Crippen LogP contribution in [0.15, 0.2) is 66.7 Å². The molecule has 1 aliphatic rings. The molecule has 0 heterocycles. The minimum atomic E-state index is -0.121. The van der Waals surface area contributed by atoms with Crippen molar-refractivity contribution in [1.82, 2.24) is 5.43 Å². The highest BCUT2D eigenvalue weighted by molar-refractivity contribution is 6.30. The second kappa shape index (κ2) is 8.25. The highest BCUT2D eigenvalue weighted by atomic mass is 16.1. The maximum atomic E-state index is 13.3. The molecule has 1 N–H and O–H groups in total. The number of fused-ring (bicyclic) bond motifs is 2. The molecule has 4 nitrogen and oxygen atoms in total. The Morgan fingerprint density at radius 3 is 2.07 bits per heavy atom. The minimum absolute atomic E-state index is 0.109. The van der Waals surface area contributed by atoms with Gasteiger partial charge in [0.15, 0.2) is 11.6 Å². The molecule has 4 heteroatoms. The van der Waals surface area contributed by atoms with Crippen molar-refractivity contribution in [3.05, 3.63) is 94.5 Å². The topological polar surface area (TPSA) is 49.4 Å². The molecule has 152 valence electrons. The van der Waals surface area contributed by atoms with Crippen molar-refractivity contribution in [1.29, 1.82) is 0 Å². The van der Waals surface area contributed by atoms with Crippen LogP contribution in [0.5, 0.6) is 0 Å². The Labute approximate surface area is 177 Å². The number of ketones is 2. The van der Waals surface area contributed by atoms with Crippen LogP contribution in [0.2, 0.25) is 0 Å². The molecule has 0 fully saturated rings. The molecule has 0 saturated carbocycles. The Hall–Kier alpha value is -3.24. The van der Waals surface area contributed by atoms with Gasteiger partial charge in [-0.3, -0.25) is 14.6 Å². The number of carbonyl (C=O) groups is 2. The van der Waals surface area contributed by atoms with Crippen LogP contribution in [0.1, 0.15) is 57.7 Å². The van der Waals surface area contributed by atoms with Crippen molar-refractivity contribution in [2.75, 3.05) is 12.1 Å². The first-order valence-corrected chi connectivity index (χ1v) is 10.4. The zero-order chi connectivity index (χ0) is 21.3. The molecular formula is C26H26N2O2. The second-order valence-corrected chi connectivity index (χ2v) is 8.06. The fourth-order valence-corrected chi connectivity index (χ4v) is 3.97. The van der Waals surface area contributed by atoms with Gasteiger partial charge in [0.2, 0.25) is 0 Å². The third-order valence-corrected chi connectivity index (χ3v) is 5.60. The molecule has 0 aliphatic heterocycles. The summed E-state index contributed by atoms with van der Waals surface area (Å²) in [7, 11) is 1.81. The molecule has 0 atom stereocenters. The molecule has 3 aromatic carbocycles. The normalized spacial score (nSPS) is 12.7. The van der Waals surface area contributed by atoms with E-state index in [0.717, 1.165) is 18.5 Å². The lowest BCUT2D eigenvalue weighted by molar-refractivity contribution is 0.0979. The van der Waals surface area contributed by atoms with Crippen LogP contribution in [-0.2, 0) is 6.42 Å². The van der Waals surface area contributed by atoms with Crippen LogP contribution in [0.4, 0.5) is 11.4 Å². The van der Waals surface area contributed by atoms with E-state index in [1.165, 1.54) is 5.56 Å². The van der Waals surface area contributed by atoms with Crippen LogP contribution in [-0.4, -0.2) is 18.6 Å². The first-order valence-electron chi connectivity index (χ1n) is 10.4. The summed E-state index contributed by atoms with van der Waals surface area (Å²) in [4.78, 5) is 26.4. The number of hydrazine groups is 1. The van der Waals surface area contributed by atoms with E-state index in [2.05, 4.69) is 43.5 Å². The summed E-state index contributed by atoms with van der Waals surface area (Å²) < 4.78 is 0. The maximum Gasteiger partial charge on any atom is 0.196 e. The number of nitrogens with one attached hydrogen (secondary N) is 1.